The van der Waals surface area contributed by atoms with Gasteiger partial charge in [-0.15, -0.1) is 0 Å². The van der Waals surface area contributed by atoms with Crippen molar-refractivity contribution in [1.29, 1.82) is 0 Å². The van der Waals surface area contributed by atoms with Crippen molar-refractivity contribution in [2.45, 2.75) is 0 Å². The van der Waals surface area contributed by atoms with Gasteiger partial charge < -0.3 is 10.6 Å². The SMILES string of the molecule is O.O=[N+]([O-])c1cc([N+](=O)[O-])c([O-])c([N+](=O)[O-])c1.[Na+]. The van der Waals surface area contributed by atoms with Gasteiger partial charge in [0.15, 0.2) is 0 Å². The van der Waals surface area contributed by atoms with Gasteiger partial charge in [-0.3, -0.25) is 30.3 Å². The van der Waals surface area contributed by atoms with Crippen LogP contribution in [0.2, 0.25) is 0 Å². The van der Waals surface area contributed by atoms with Crippen molar-refractivity contribution < 1.29 is 54.9 Å². The fraction of sp³-hybridized carbons (Fsp3) is 0. The van der Waals surface area contributed by atoms with Gasteiger partial charge in [0.1, 0.15) is 0 Å². The van der Waals surface area contributed by atoms with Gasteiger partial charge in [-0.2, -0.15) is 0 Å². The Morgan fingerprint density at radius 3 is 1.39 bits per heavy atom. The van der Waals surface area contributed by atoms with E-state index >= 15 is 0 Å². The van der Waals surface area contributed by atoms with Crippen molar-refractivity contribution in [1.82, 2.24) is 0 Å². The minimum atomic E-state index is -1.46. The Labute approximate surface area is 120 Å². The zero-order valence-electron chi connectivity index (χ0n) is 8.85. The molecule has 0 radical (unpaired) electrons. The molecule has 0 saturated heterocycles. The van der Waals surface area contributed by atoms with Crippen LogP contribution in [-0.2, 0) is 0 Å². The standard InChI is InChI=1S/C6H3N3O7.Na.H2O/c10-6-4(8(13)14)1-3(7(11)12)2-5(6)9(15)16;;/h1-2,10H;;1H2/q;+1;/p-1. The van der Waals surface area contributed by atoms with Crippen molar-refractivity contribution in [2.75, 3.05) is 0 Å². The molecule has 1 rings (SSSR count). The van der Waals surface area contributed by atoms with Gasteiger partial charge in [-0.05, 0) is 0 Å². The van der Waals surface area contributed by atoms with Gasteiger partial charge in [-0.25, -0.2) is 0 Å². The van der Waals surface area contributed by atoms with Gasteiger partial charge in [0, 0.05) is 0 Å². The molecule has 2 N–H and O–H groups in total. The molecule has 0 heterocycles. The maximum Gasteiger partial charge on any atom is 1.00 e. The maximum atomic E-state index is 11.1. The number of nitro benzene ring substituents is 3. The fourth-order valence-electron chi connectivity index (χ4n) is 0.961. The molecule has 11 nitrogen and oxygen atoms in total. The van der Waals surface area contributed by atoms with E-state index in [1.165, 1.54) is 0 Å². The Hall–Kier alpha value is -1.82. The van der Waals surface area contributed by atoms with Crippen LogP contribution >= 0.6 is 0 Å². The minimum Gasteiger partial charge on any atom is -0.863 e. The average molecular weight is 269 g/mol. The van der Waals surface area contributed by atoms with E-state index in [1.807, 2.05) is 0 Å². The number of rotatable bonds is 3. The predicted molar refractivity (Wildman–Crippen MR) is 49.5 cm³/mol. The van der Waals surface area contributed by atoms with Crippen LogP contribution in [0.4, 0.5) is 17.1 Å². The van der Waals surface area contributed by atoms with Crippen molar-refractivity contribution >= 4 is 17.1 Å². The Morgan fingerprint density at radius 2 is 1.17 bits per heavy atom. The van der Waals surface area contributed by atoms with Gasteiger partial charge in [0.2, 0.25) is 0 Å². The molecule has 12 heteroatoms. The number of nitro groups is 3. The second kappa shape index (κ2) is 6.80. The Balaban J connectivity index is 0. The molecule has 0 amide bonds. The first kappa shape index (κ1) is 18.5. The molecular formula is C6H4N3NaO8. The zero-order chi connectivity index (χ0) is 12.5. The van der Waals surface area contributed by atoms with Gasteiger partial charge in [0.05, 0.1) is 32.7 Å². The summed E-state index contributed by atoms with van der Waals surface area (Å²) in [4.78, 5) is 27.5. The third-order valence-corrected chi connectivity index (χ3v) is 1.64. The van der Waals surface area contributed by atoms with Crippen LogP contribution in [0.5, 0.6) is 5.75 Å². The average Bonchev–Trinajstić information content (AvgIpc) is 2.16. The first-order chi connectivity index (χ1) is 7.34. The predicted octanol–water partition coefficient (Wildman–Crippen LogP) is -3.34. The molecule has 0 unspecified atom stereocenters. The molecule has 0 fully saturated rings. The van der Waals surface area contributed by atoms with E-state index in [0.29, 0.717) is 12.1 Å². The van der Waals surface area contributed by atoms with Crippen molar-refractivity contribution in [3.8, 4) is 5.75 Å². The van der Waals surface area contributed by atoms with Crippen LogP contribution in [0.3, 0.4) is 0 Å². The summed E-state index contributed by atoms with van der Waals surface area (Å²) in [5.74, 6) is -1.46. The molecule has 0 saturated carbocycles. The molecule has 92 valence electrons. The number of hydrogen-bond acceptors (Lipinski definition) is 7. The van der Waals surface area contributed by atoms with Crippen LogP contribution in [0.1, 0.15) is 0 Å². The quantitative estimate of drug-likeness (QED) is 0.311. The van der Waals surface area contributed by atoms with E-state index in [9.17, 15) is 35.4 Å². The van der Waals surface area contributed by atoms with E-state index in [0.717, 1.165) is 0 Å². The molecule has 0 spiro atoms. The molecule has 0 aliphatic rings. The number of nitrogens with zero attached hydrogens (tertiary/aromatic N) is 3. The monoisotopic (exact) mass is 269 g/mol. The van der Waals surface area contributed by atoms with E-state index < -0.39 is 37.6 Å². The van der Waals surface area contributed by atoms with Gasteiger partial charge in [0.25, 0.3) is 17.1 Å². The normalized spacial score (nSPS) is 8.67. The molecule has 0 aliphatic heterocycles. The molecule has 1 aromatic carbocycles. The van der Waals surface area contributed by atoms with Crippen molar-refractivity contribution in [2.24, 2.45) is 0 Å². The summed E-state index contributed by atoms with van der Waals surface area (Å²) < 4.78 is 0. The minimum absolute atomic E-state index is 0. The third kappa shape index (κ3) is 3.59. The first-order valence-corrected chi connectivity index (χ1v) is 3.63. The van der Waals surface area contributed by atoms with Crippen LogP contribution in [-0.4, -0.2) is 20.2 Å². The topological polar surface area (TPSA) is 184 Å². The van der Waals surface area contributed by atoms with Crippen LogP contribution in [0.15, 0.2) is 12.1 Å². The van der Waals surface area contributed by atoms with Crippen LogP contribution in [0.25, 0.3) is 0 Å². The first-order valence-electron chi connectivity index (χ1n) is 3.63. The Kier molecular flexibility index (Phi) is 7.01. The van der Waals surface area contributed by atoms with Crippen LogP contribution in [0, 0.1) is 30.3 Å². The molecule has 0 aromatic heterocycles. The van der Waals surface area contributed by atoms with E-state index in [1.54, 1.807) is 0 Å². The maximum absolute atomic E-state index is 11.1. The number of non-ortho nitro benzene ring substituents is 1. The van der Waals surface area contributed by atoms with Gasteiger partial charge in [-0.1, -0.05) is 0 Å². The Bertz CT molecular complexity index is 469. The van der Waals surface area contributed by atoms with E-state index in [-0.39, 0.29) is 35.0 Å². The zero-order valence-corrected chi connectivity index (χ0v) is 10.9. The summed E-state index contributed by atoms with van der Waals surface area (Å²) in [6.07, 6.45) is 0. The molecule has 0 bridgehead atoms. The summed E-state index contributed by atoms with van der Waals surface area (Å²) in [5, 5.41) is 42.1. The largest absolute Gasteiger partial charge is 1.00 e. The number of benzene rings is 1. The summed E-state index contributed by atoms with van der Waals surface area (Å²) in [7, 11) is 0. The fourth-order valence-corrected chi connectivity index (χ4v) is 0.961. The molecule has 1 aromatic rings. The summed E-state index contributed by atoms with van der Waals surface area (Å²) in [6, 6.07) is 0.769. The molecule has 0 aliphatic carbocycles. The third-order valence-electron chi connectivity index (χ3n) is 1.64. The summed E-state index contributed by atoms with van der Waals surface area (Å²) >= 11 is 0. The summed E-state index contributed by atoms with van der Waals surface area (Å²) in [6.45, 7) is 0. The van der Waals surface area contributed by atoms with Crippen molar-refractivity contribution in [3.05, 3.63) is 42.5 Å². The van der Waals surface area contributed by atoms with E-state index in [4.69, 9.17) is 0 Å². The Morgan fingerprint density at radius 1 is 0.833 bits per heavy atom. The van der Waals surface area contributed by atoms with Crippen LogP contribution < -0.4 is 34.7 Å². The van der Waals surface area contributed by atoms with E-state index in [2.05, 4.69) is 0 Å². The molecule has 18 heavy (non-hydrogen) atoms. The summed E-state index contributed by atoms with van der Waals surface area (Å²) in [5.41, 5.74) is -3.26. The second-order valence-corrected chi connectivity index (χ2v) is 2.58. The molecule has 0 atom stereocenters. The molecular weight excluding hydrogens is 265 g/mol. The van der Waals surface area contributed by atoms with Gasteiger partial charge >= 0.3 is 29.6 Å². The second-order valence-electron chi connectivity index (χ2n) is 2.58. The number of hydrogen-bond donors (Lipinski definition) is 0. The van der Waals surface area contributed by atoms with Crippen molar-refractivity contribution in [3.63, 3.8) is 0 Å². The smallest absolute Gasteiger partial charge is 0.863 e.